The van der Waals surface area contributed by atoms with Crippen LogP contribution in [-0.2, 0) is 10.3 Å². The standard InChI is InChI=1S/C17H16N4OS/c1-17(9-15(22)21(2)16(19)20-17)14-7-6-13(23-14)12-5-3-4-11(8-12)10-18/h3-8H,9H2,1-2H3,(H2,19,20)/t17-/m0/s1. The molecule has 0 saturated carbocycles. The summed E-state index contributed by atoms with van der Waals surface area (Å²) in [4.78, 5) is 15.4. The third-order valence-corrected chi connectivity index (χ3v) is 5.43. The topological polar surface area (TPSA) is 80.0 Å². The van der Waals surface area contributed by atoms with E-state index < -0.39 is 5.54 Å². The van der Waals surface area contributed by atoms with Gasteiger partial charge in [0.25, 0.3) is 0 Å². The van der Waals surface area contributed by atoms with Gasteiger partial charge < -0.3 is 5.32 Å². The van der Waals surface area contributed by atoms with Crippen molar-refractivity contribution in [1.82, 2.24) is 10.2 Å². The van der Waals surface area contributed by atoms with Crippen LogP contribution in [0.15, 0.2) is 36.4 Å². The summed E-state index contributed by atoms with van der Waals surface area (Å²) < 4.78 is 0. The number of thiophene rings is 1. The zero-order valence-electron chi connectivity index (χ0n) is 12.9. The van der Waals surface area contributed by atoms with E-state index in [2.05, 4.69) is 11.4 Å². The molecular weight excluding hydrogens is 308 g/mol. The van der Waals surface area contributed by atoms with Crippen LogP contribution in [0.5, 0.6) is 0 Å². The van der Waals surface area contributed by atoms with Crippen molar-refractivity contribution >= 4 is 23.2 Å². The number of guanidine groups is 1. The molecule has 1 amide bonds. The molecule has 1 atom stereocenters. The molecule has 1 aromatic carbocycles. The van der Waals surface area contributed by atoms with Crippen molar-refractivity contribution in [2.75, 3.05) is 7.05 Å². The molecule has 3 rings (SSSR count). The molecule has 1 aliphatic rings. The molecule has 5 nitrogen and oxygen atoms in total. The highest BCUT2D eigenvalue weighted by Gasteiger charge is 2.38. The molecule has 23 heavy (non-hydrogen) atoms. The van der Waals surface area contributed by atoms with Crippen LogP contribution in [0.25, 0.3) is 10.4 Å². The zero-order valence-corrected chi connectivity index (χ0v) is 13.7. The lowest BCUT2D eigenvalue weighted by Crippen LogP contribution is -2.57. The Bertz CT molecular complexity index is 815. The first-order valence-electron chi connectivity index (χ1n) is 7.17. The number of nitrogens with zero attached hydrogens (tertiary/aromatic N) is 2. The van der Waals surface area contributed by atoms with E-state index in [-0.39, 0.29) is 11.9 Å². The van der Waals surface area contributed by atoms with Crippen LogP contribution >= 0.6 is 11.3 Å². The van der Waals surface area contributed by atoms with Crippen molar-refractivity contribution < 1.29 is 4.79 Å². The smallest absolute Gasteiger partial charge is 0.231 e. The van der Waals surface area contributed by atoms with Crippen LogP contribution in [0.2, 0.25) is 0 Å². The van der Waals surface area contributed by atoms with Crippen LogP contribution in [0.3, 0.4) is 0 Å². The van der Waals surface area contributed by atoms with Crippen molar-refractivity contribution in [3.8, 4) is 16.5 Å². The normalized spacial score (nSPS) is 21.0. The van der Waals surface area contributed by atoms with E-state index >= 15 is 0 Å². The average molecular weight is 324 g/mol. The van der Waals surface area contributed by atoms with Gasteiger partial charge in [0.1, 0.15) is 0 Å². The first-order valence-corrected chi connectivity index (χ1v) is 7.99. The maximum absolute atomic E-state index is 12.1. The third kappa shape index (κ3) is 2.71. The van der Waals surface area contributed by atoms with Crippen molar-refractivity contribution in [1.29, 1.82) is 10.7 Å². The first-order chi connectivity index (χ1) is 10.9. The number of nitrogens with one attached hydrogen (secondary N) is 2. The summed E-state index contributed by atoms with van der Waals surface area (Å²) in [7, 11) is 1.60. The molecule has 2 aromatic rings. The minimum absolute atomic E-state index is 0.0716. The third-order valence-electron chi connectivity index (χ3n) is 4.03. The summed E-state index contributed by atoms with van der Waals surface area (Å²) in [5, 5.41) is 20.1. The lowest BCUT2D eigenvalue weighted by atomic mass is 9.93. The van der Waals surface area contributed by atoms with Crippen molar-refractivity contribution in [2.45, 2.75) is 18.9 Å². The molecule has 6 heteroatoms. The summed E-state index contributed by atoms with van der Waals surface area (Å²) in [5.74, 6) is 0.0443. The van der Waals surface area contributed by atoms with Crippen LogP contribution < -0.4 is 5.32 Å². The molecule has 2 heterocycles. The van der Waals surface area contributed by atoms with Crippen LogP contribution in [-0.4, -0.2) is 23.8 Å². The maximum Gasteiger partial charge on any atom is 0.231 e. The van der Waals surface area contributed by atoms with Gasteiger partial charge in [-0.05, 0) is 36.8 Å². The monoisotopic (exact) mass is 324 g/mol. The fourth-order valence-electron chi connectivity index (χ4n) is 2.62. The fourth-order valence-corrected chi connectivity index (χ4v) is 3.72. The maximum atomic E-state index is 12.1. The Morgan fingerprint density at radius 2 is 2.17 bits per heavy atom. The molecule has 0 bridgehead atoms. The number of benzene rings is 1. The van der Waals surface area contributed by atoms with E-state index in [1.54, 1.807) is 24.5 Å². The van der Waals surface area contributed by atoms with Gasteiger partial charge in [0.15, 0.2) is 5.96 Å². The second kappa shape index (κ2) is 5.52. The zero-order chi connectivity index (χ0) is 16.6. The van der Waals surface area contributed by atoms with E-state index in [1.807, 2.05) is 37.3 Å². The number of nitriles is 1. The molecule has 1 aromatic heterocycles. The summed E-state index contributed by atoms with van der Waals surface area (Å²) in [6.07, 6.45) is 0.310. The fraction of sp³-hybridized carbons (Fsp3) is 0.235. The summed E-state index contributed by atoms with van der Waals surface area (Å²) >= 11 is 1.58. The van der Waals surface area contributed by atoms with E-state index in [0.717, 1.165) is 15.3 Å². The molecule has 1 fully saturated rings. The molecule has 1 aliphatic heterocycles. The van der Waals surface area contributed by atoms with Crippen LogP contribution in [0.4, 0.5) is 0 Å². The summed E-state index contributed by atoms with van der Waals surface area (Å²) in [6.45, 7) is 1.94. The number of carbonyl (C=O) groups is 1. The Kier molecular flexibility index (Phi) is 3.66. The van der Waals surface area contributed by atoms with Gasteiger partial charge in [0, 0.05) is 16.8 Å². The highest BCUT2D eigenvalue weighted by atomic mass is 32.1. The second-order valence-corrected chi connectivity index (χ2v) is 6.88. The van der Waals surface area contributed by atoms with Gasteiger partial charge in [0.05, 0.1) is 23.6 Å². The highest BCUT2D eigenvalue weighted by molar-refractivity contribution is 7.15. The van der Waals surface area contributed by atoms with Gasteiger partial charge in [-0.15, -0.1) is 11.3 Å². The second-order valence-electron chi connectivity index (χ2n) is 5.79. The number of rotatable bonds is 2. The lowest BCUT2D eigenvalue weighted by molar-refractivity contribution is -0.129. The van der Waals surface area contributed by atoms with E-state index in [4.69, 9.17) is 10.7 Å². The van der Waals surface area contributed by atoms with Crippen molar-refractivity contribution in [2.24, 2.45) is 0 Å². The Morgan fingerprint density at radius 3 is 2.87 bits per heavy atom. The van der Waals surface area contributed by atoms with Crippen molar-refractivity contribution in [3.63, 3.8) is 0 Å². The SMILES string of the molecule is CN1C(=N)N[C@](C)(c2ccc(-c3cccc(C#N)c3)s2)CC1=O. The first kappa shape index (κ1) is 15.3. The van der Waals surface area contributed by atoms with Gasteiger partial charge in [-0.3, -0.25) is 15.1 Å². The lowest BCUT2D eigenvalue weighted by Gasteiger charge is -2.38. The Morgan fingerprint density at radius 1 is 1.39 bits per heavy atom. The van der Waals surface area contributed by atoms with Crippen LogP contribution in [0, 0.1) is 16.7 Å². The number of hydrogen-bond acceptors (Lipinski definition) is 4. The number of amides is 1. The molecular formula is C17H16N4OS. The molecule has 116 valence electrons. The largest absolute Gasteiger partial charge is 0.345 e. The Labute approximate surface area is 138 Å². The minimum Gasteiger partial charge on any atom is -0.345 e. The van der Waals surface area contributed by atoms with Gasteiger partial charge in [-0.1, -0.05) is 12.1 Å². The molecule has 2 N–H and O–H groups in total. The Balaban J connectivity index is 1.94. The summed E-state index contributed by atoms with van der Waals surface area (Å²) in [5.41, 5.74) is 1.03. The highest BCUT2D eigenvalue weighted by Crippen LogP contribution is 2.37. The quantitative estimate of drug-likeness (QED) is 0.891. The van der Waals surface area contributed by atoms with Crippen molar-refractivity contribution in [3.05, 3.63) is 46.8 Å². The van der Waals surface area contributed by atoms with Gasteiger partial charge >= 0.3 is 0 Å². The summed E-state index contributed by atoms with van der Waals surface area (Å²) in [6, 6.07) is 13.6. The minimum atomic E-state index is -0.573. The molecule has 0 aliphatic carbocycles. The van der Waals surface area contributed by atoms with Crippen LogP contribution in [0.1, 0.15) is 23.8 Å². The van der Waals surface area contributed by atoms with Gasteiger partial charge in [-0.25, -0.2) is 0 Å². The van der Waals surface area contributed by atoms with E-state index in [1.165, 1.54) is 4.90 Å². The number of hydrogen-bond donors (Lipinski definition) is 2. The van der Waals surface area contributed by atoms with E-state index in [9.17, 15) is 4.79 Å². The predicted molar refractivity (Wildman–Crippen MR) is 90.1 cm³/mol. The Hall–Kier alpha value is -2.65. The molecule has 1 saturated heterocycles. The molecule has 0 radical (unpaired) electrons. The molecule has 0 unspecified atom stereocenters. The van der Waals surface area contributed by atoms with Gasteiger partial charge in [-0.2, -0.15) is 5.26 Å². The van der Waals surface area contributed by atoms with Gasteiger partial charge in [0.2, 0.25) is 5.91 Å². The number of carbonyl (C=O) groups excluding carboxylic acids is 1. The predicted octanol–water partition coefficient (Wildman–Crippen LogP) is 2.89. The molecule has 0 spiro atoms. The average Bonchev–Trinajstić information content (AvgIpc) is 3.03. The van der Waals surface area contributed by atoms with E-state index in [0.29, 0.717) is 12.0 Å².